The molecule has 6 heteroatoms. The van der Waals surface area contributed by atoms with Crippen LogP contribution in [-0.2, 0) is 11.3 Å². The highest BCUT2D eigenvalue weighted by Gasteiger charge is 2.01. The first-order valence-corrected chi connectivity index (χ1v) is 3.43. The van der Waals surface area contributed by atoms with E-state index >= 15 is 0 Å². The molecular formula is C6H10N4O2. The quantitative estimate of drug-likeness (QED) is 0.592. The maximum Gasteiger partial charge on any atom is 0.367 e. The van der Waals surface area contributed by atoms with Crippen LogP contribution < -0.4 is 5.69 Å². The number of aromatic nitrogens is 4. The van der Waals surface area contributed by atoms with Gasteiger partial charge in [-0.3, -0.25) is 0 Å². The second-order valence-corrected chi connectivity index (χ2v) is 2.10. The molecule has 0 amide bonds. The minimum absolute atomic E-state index is 0.304. The van der Waals surface area contributed by atoms with Crippen molar-refractivity contribution in [2.75, 3.05) is 13.7 Å². The van der Waals surface area contributed by atoms with Crippen LogP contribution in [0.1, 0.15) is 0 Å². The molecule has 1 aromatic heterocycles. The highest BCUT2D eigenvalue weighted by molar-refractivity contribution is 5.09. The predicted octanol–water partition coefficient (Wildman–Crippen LogP) is -0.813. The van der Waals surface area contributed by atoms with Gasteiger partial charge in [0.15, 0.2) is 0 Å². The fourth-order valence-corrected chi connectivity index (χ4v) is 0.719. The Kier molecular flexibility index (Phi) is 2.76. The number of nitrogens with zero attached hydrogens (tertiary/aromatic N) is 4. The molecule has 66 valence electrons. The number of methoxy groups -OCH3 is 1. The lowest BCUT2D eigenvalue weighted by Crippen LogP contribution is -2.24. The van der Waals surface area contributed by atoms with Crippen LogP contribution in [0.25, 0.3) is 6.20 Å². The van der Waals surface area contributed by atoms with Gasteiger partial charge < -0.3 is 4.74 Å². The van der Waals surface area contributed by atoms with Crippen molar-refractivity contribution >= 4 is 6.20 Å². The van der Waals surface area contributed by atoms with Crippen molar-refractivity contribution in [3.05, 3.63) is 17.1 Å². The third kappa shape index (κ3) is 1.59. The van der Waals surface area contributed by atoms with Crippen LogP contribution >= 0.6 is 0 Å². The highest BCUT2D eigenvalue weighted by Crippen LogP contribution is 1.76. The molecule has 0 saturated heterocycles. The lowest BCUT2D eigenvalue weighted by Gasteiger charge is -1.94. The fraction of sp³-hybridized carbons (Fsp3) is 0.500. The van der Waals surface area contributed by atoms with Gasteiger partial charge in [0.25, 0.3) is 0 Å². The first-order chi connectivity index (χ1) is 5.79. The van der Waals surface area contributed by atoms with Crippen molar-refractivity contribution in [1.29, 1.82) is 0 Å². The number of hydrogen-bond acceptors (Lipinski definition) is 4. The van der Waals surface area contributed by atoms with Crippen molar-refractivity contribution in [2.24, 2.45) is 0 Å². The summed E-state index contributed by atoms with van der Waals surface area (Å²) in [6, 6.07) is 0. The SMILES string of the molecule is C=Cn1nnn(CCOC)c1=O. The van der Waals surface area contributed by atoms with E-state index in [4.69, 9.17) is 4.74 Å². The molecule has 6 nitrogen and oxygen atoms in total. The van der Waals surface area contributed by atoms with Crippen molar-refractivity contribution in [2.45, 2.75) is 6.54 Å². The van der Waals surface area contributed by atoms with Gasteiger partial charge >= 0.3 is 5.69 Å². The van der Waals surface area contributed by atoms with Gasteiger partial charge in [-0.1, -0.05) is 6.58 Å². The minimum atomic E-state index is -0.304. The molecular weight excluding hydrogens is 160 g/mol. The Bertz CT molecular complexity index is 314. The van der Waals surface area contributed by atoms with E-state index in [2.05, 4.69) is 17.0 Å². The third-order valence-electron chi connectivity index (χ3n) is 1.34. The molecule has 0 aliphatic heterocycles. The van der Waals surface area contributed by atoms with Crippen LogP contribution in [0.2, 0.25) is 0 Å². The van der Waals surface area contributed by atoms with Gasteiger partial charge in [-0.15, -0.1) is 0 Å². The van der Waals surface area contributed by atoms with Crippen molar-refractivity contribution in [1.82, 2.24) is 19.8 Å². The van der Waals surface area contributed by atoms with Crippen molar-refractivity contribution < 1.29 is 4.74 Å². The monoisotopic (exact) mass is 170 g/mol. The number of rotatable bonds is 4. The van der Waals surface area contributed by atoms with Gasteiger partial charge in [0, 0.05) is 13.3 Å². The molecule has 1 rings (SSSR count). The van der Waals surface area contributed by atoms with Crippen LogP contribution in [0.5, 0.6) is 0 Å². The number of hydrogen-bond donors (Lipinski definition) is 0. The average Bonchev–Trinajstić information content (AvgIpc) is 2.43. The topological polar surface area (TPSA) is 61.9 Å². The molecule has 0 spiro atoms. The van der Waals surface area contributed by atoms with E-state index in [0.29, 0.717) is 13.2 Å². The molecule has 0 radical (unpaired) electrons. The van der Waals surface area contributed by atoms with E-state index in [-0.39, 0.29) is 5.69 Å². The molecule has 0 unspecified atom stereocenters. The Morgan fingerprint density at radius 3 is 2.92 bits per heavy atom. The molecule has 12 heavy (non-hydrogen) atoms. The molecule has 1 aromatic rings. The molecule has 0 fully saturated rings. The van der Waals surface area contributed by atoms with Gasteiger partial charge in [0.2, 0.25) is 0 Å². The summed E-state index contributed by atoms with van der Waals surface area (Å²) >= 11 is 0. The maximum atomic E-state index is 11.2. The molecule has 0 bridgehead atoms. The summed E-state index contributed by atoms with van der Waals surface area (Å²) in [6.07, 6.45) is 1.30. The lowest BCUT2D eigenvalue weighted by molar-refractivity contribution is 0.181. The molecule has 0 saturated carbocycles. The Morgan fingerprint density at radius 1 is 1.67 bits per heavy atom. The van der Waals surface area contributed by atoms with Gasteiger partial charge in [0.05, 0.1) is 13.2 Å². The lowest BCUT2D eigenvalue weighted by atomic mass is 10.7. The first-order valence-electron chi connectivity index (χ1n) is 3.43. The summed E-state index contributed by atoms with van der Waals surface area (Å²) in [6.45, 7) is 4.25. The smallest absolute Gasteiger partial charge is 0.367 e. The summed E-state index contributed by atoms with van der Waals surface area (Å²) in [7, 11) is 1.56. The number of tetrazole rings is 1. The Hall–Kier alpha value is -1.43. The van der Waals surface area contributed by atoms with Gasteiger partial charge in [0.1, 0.15) is 0 Å². The highest BCUT2D eigenvalue weighted by atomic mass is 16.5. The van der Waals surface area contributed by atoms with E-state index in [1.54, 1.807) is 7.11 Å². The van der Waals surface area contributed by atoms with E-state index in [1.807, 2.05) is 0 Å². The second kappa shape index (κ2) is 3.82. The first kappa shape index (κ1) is 8.66. The number of ether oxygens (including phenoxy) is 1. The summed E-state index contributed by atoms with van der Waals surface area (Å²) in [5.74, 6) is 0. The zero-order valence-corrected chi connectivity index (χ0v) is 6.80. The molecule has 0 aromatic carbocycles. The summed E-state index contributed by atoms with van der Waals surface area (Å²) in [5.41, 5.74) is -0.304. The van der Waals surface area contributed by atoms with Gasteiger partial charge in [-0.05, 0) is 10.4 Å². The minimum Gasteiger partial charge on any atom is -0.383 e. The fourth-order valence-electron chi connectivity index (χ4n) is 0.719. The van der Waals surface area contributed by atoms with Crippen LogP contribution in [0.15, 0.2) is 11.4 Å². The van der Waals surface area contributed by atoms with E-state index in [1.165, 1.54) is 10.9 Å². The van der Waals surface area contributed by atoms with E-state index in [9.17, 15) is 4.79 Å². The zero-order valence-electron chi connectivity index (χ0n) is 6.80. The Labute approximate surface area is 69.0 Å². The molecule has 0 atom stereocenters. The molecule has 0 aliphatic carbocycles. The Balaban J connectivity index is 2.80. The van der Waals surface area contributed by atoms with Gasteiger partial charge in [-0.25, -0.2) is 4.79 Å². The average molecular weight is 170 g/mol. The van der Waals surface area contributed by atoms with Crippen molar-refractivity contribution in [3.8, 4) is 0 Å². The summed E-state index contributed by atoms with van der Waals surface area (Å²) in [5, 5.41) is 7.12. The molecule has 0 aliphatic rings. The van der Waals surface area contributed by atoms with Gasteiger partial charge in [-0.2, -0.15) is 9.36 Å². The summed E-state index contributed by atoms with van der Waals surface area (Å²) < 4.78 is 7.06. The predicted molar refractivity (Wildman–Crippen MR) is 42.5 cm³/mol. The standard InChI is InChI=1S/C6H10N4O2/c1-3-9-6(11)10(8-7-9)4-5-12-2/h3H,1,4-5H2,2H3. The van der Waals surface area contributed by atoms with Crippen molar-refractivity contribution in [3.63, 3.8) is 0 Å². The van der Waals surface area contributed by atoms with E-state index in [0.717, 1.165) is 4.68 Å². The second-order valence-electron chi connectivity index (χ2n) is 2.10. The molecule has 1 heterocycles. The Morgan fingerprint density at radius 2 is 2.42 bits per heavy atom. The third-order valence-corrected chi connectivity index (χ3v) is 1.34. The van der Waals surface area contributed by atoms with Crippen LogP contribution in [0, 0.1) is 0 Å². The normalized spacial score (nSPS) is 10.1. The van der Waals surface area contributed by atoms with Crippen LogP contribution in [0.4, 0.5) is 0 Å². The van der Waals surface area contributed by atoms with Crippen LogP contribution in [0.3, 0.4) is 0 Å². The van der Waals surface area contributed by atoms with E-state index < -0.39 is 0 Å². The molecule has 0 N–H and O–H groups in total. The largest absolute Gasteiger partial charge is 0.383 e. The van der Waals surface area contributed by atoms with Crippen LogP contribution in [-0.4, -0.2) is 33.5 Å². The zero-order chi connectivity index (χ0) is 8.97. The maximum absolute atomic E-state index is 11.2. The summed E-state index contributed by atoms with van der Waals surface area (Å²) in [4.78, 5) is 11.2.